The Balaban J connectivity index is 3.11. The van der Waals surface area contributed by atoms with Gasteiger partial charge in [-0.3, -0.25) is 0 Å². The molecule has 0 unspecified atom stereocenters. The Labute approximate surface area is 102 Å². The molecule has 0 amide bonds. The van der Waals surface area contributed by atoms with Gasteiger partial charge in [0.25, 0.3) is 0 Å². The van der Waals surface area contributed by atoms with Gasteiger partial charge < -0.3 is 10.8 Å². The highest BCUT2D eigenvalue weighted by Gasteiger charge is 2.19. The van der Waals surface area contributed by atoms with Crippen molar-refractivity contribution < 1.29 is 13.5 Å². The standard InChI is InChI=1S/C11H18N2O3S/c1-8-4-5-10(12)9(2)11(8)17(15,16)13-6-3-7-14/h4-5,13-14H,3,6-7,12H2,1-2H3. The number of aliphatic hydroxyl groups is 1. The summed E-state index contributed by atoms with van der Waals surface area (Å²) >= 11 is 0. The maximum absolute atomic E-state index is 12.1. The van der Waals surface area contributed by atoms with Crippen molar-refractivity contribution in [1.82, 2.24) is 4.72 Å². The van der Waals surface area contributed by atoms with E-state index in [1.54, 1.807) is 26.0 Å². The van der Waals surface area contributed by atoms with Crippen LogP contribution in [0, 0.1) is 13.8 Å². The van der Waals surface area contributed by atoms with Crippen molar-refractivity contribution in [3.05, 3.63) is 23.3 Å². The highest BCUT2D eigenvalue weighted by atomic mass is 32.2. The van der Waals surface area contributed by atoms with Crippen molar-refractivity contribution in [2.24, 2.45) is 0 Å². The van der Waals surface area contributed by atoms with Gasteiger partial charge in [0.2, 0.25) is 10.0 Å². The molecule has 0 fully saturated rings. The molecule has 17 heavy (non-hydrogen) atoms. The summed E-state index contributed by atoms with van der Waals surface area (Å²) in [4.78, 5) is 0.232. The molecule has 1 rings (SSSR count). The van der Waals surface area contributed by atoms with Crippen LogP contribution >= 0.6 is 0 Å². The van der Waals surface area contributed by atoms with E-state index in [1.165, 1.54) is 0 Å². The second-order valence-electron chi connectivity index (χ2n) is 3.90. The molecule has 0 saturated heterocycles. The van der Waals surface area contributed by atoms with E-state index in [-0.39, 0.29) is 18.0 Å². The Bertz CT molecular complexity index is 498. The van der Waals surface area contributed by atoms with E-state index < -0.39 is 10.0 Å². The molecule has 4 N–H and O–H groups in total. The summed E-state index contributed by atoms with van der Waals surface area (Å²) in [5.41, 5.74) is 7.38. The van der Waals surface area contributed by atoms with Crippen LogP contribution in [0.5, 0.6) is 0 Å². The lowest BCUT2D eigenvalue weighted by molar-refractivity contribution is 0.289. The van der Waals surface area contributed by atoms with Crippen LogP contribution in [-0.4, -0.2) is 26.7 Å². The van der Waals surface area contributed by atoms with Gasteiger partial charge >= 0.3 is 0 Å². The normalized spacial score (nSPS) is 11.7. The zero-order valence-electron chi connectivity index (χ0n) is 10.0. The molecule has 0 heterocycles. The van der Waals surface area contributed by atoms with Gasteiger partial charge in [0, 0.05) is 18.8 Å². The largest absolute Gasteiger partial charge is 0.398 e. The van der Waals surface area contributed by atoms with E-state index in [9.17, 15) is 8.42 Å². The molecule has 0 radical (unpaired) electrons. The number of benzene rings is 1. The SMILES string of the molecule is Cc1ccc(N)c(C)c1S(=O)(=O)NCCCO. The minimum absolute atomic E-state index is 0.0442. The molecule has 0 bridgehead atoms. The van der Waals surface area contributed by atoms with Crippen molar-refractivity contribution in [2.45, 2.75) is 25.2 Å². The topological polar surface area (TPSA) is 92.4 Å². The fourth-order valence-corrected chi connectivity index (χ4v) is 3.18. The average Bonchev–Trinajstić information content (AvgIpc) is 2.24. The maximum Gasteiger partial charge on any atom is 0.241 e. The Kier molecular flexibility index (Phi) is 4.50. The number of aliphatic hydroxyl groups excluding tert-OH is 1. The molecule has 6 heteroatoms. The molecule has 5 nitrogen and oxygen atoms in total. The Morgan fingerprint density at radius 3 is 2.59 bits per heavy atom. The van der Waals surface area contributed by atoms with E-state index in [0.717, 1.165) is 0 Å². The summed E-state index contributed by atoms with van der Waals surface area (Å²) in [5.74, 6) is 0. The first-order valence-electron chi connectivity index (χ1n) is 5.36. The number of nitrogen functional groups attached to an aromatic ring is 1. The molecule has 1 aromatic carbocycles. The third-order valence-electron chi connectivity index (χ3n) is 2.54. The van der Waals surface area contributed by atoms with Gasteiger partial charge in [0.05, 0.1) is 4.90 Å². The van der Waals surface area contributed by atoms with Gasteiger partial charge in [0.1, 0.15) is 0 Å². The molecule has 96 valence electrons. The number of aryl methyl sites for hydroxylation is 1. The molecule has 0 atom stereocenters. The fraction of sp³-hybridized carbons (Fsp3) is 0.455. The summed E-state index contributed by atoms with van der Waals surface area (Å²) in [6.45, 7) is 3.58. The second-order valence-corrected chi connectivity index (χ2v) is 5.60. The second kappa shape index (κ2) is 5.48. The fourth-order valence-electron chi connectivity index (χ4n) is 1.61. The number of anilines is 1. The molecular formula is C11H18N2O3S. The number of hydrogen-bond donors (Lipinski definition) is 3. The van der Waals surface area contributed by atoms with Gasteiger partial charge in [-0.1, -0.05) is 6.07 Å². The van der Waals surface area contributed by atoms with E-state index >= 15 is 0 Å². The number of hydrogen-bond acceptors (Lipinski definition) is 4. The number of sulfonamides is 1. The zero-order valence-corrected chi connectivity index (χ0v) is 10.8. The van der Waals surface area contributed by atoms with Crippen LogP contribution in [-0.2, 0) is 10.0 Å². The van der Waals surface area contributed by atoms with Crippen molar-refractivity contribution in [3.63, 3.8) is 0 Å². The van der Waals surface area contributed by atoms with Crippen LogP contribution in [0.1, 0.15) is 17.5 Å². The van der Waals surface area contributed by atoms with Crippen LogP contribution in [0.15, 0.2) is 17.0 Å². The molecular weight excluding hydrogens is 240 g/mol. The average molecular weight is 258 g/mol. The lowest BCUT2D eigenvalue weighted by atomic mass is 10.1. The third-order valence-corrected chi connectivity index (χ3v) is 4.29. The number of nitrogens with one attached hydrogen (secondary N) is 1. The Hall–Kier alpha value is -1.11. The van der Waals surface area contributed by atoms with Gasteiger partial charge in [0.15, 0.2) is 0 Å². The van der Waals surface area contributed by atoms with Crippen LogP contribution in [0.25, 0.3) is 0 Å². The summed E-state index contributed by atoms with van der Waals surface area (Å²) in [7, 11) is -3.56. The van der Waals surface area contributed by atoms with Gasteiger partial charge in [-0.2, -0.15) is 0 Å². The summed E-state index contributed by atoms with van der Waals surface area (Å²) in [5, 5.41) is 8.63. The predicted molar refractivity (Wildman–Crippen MR) is 67.2 cm³/mol. The smallest absolute Gasteiger partial charge is 0.241 e. The van der Waals surface area contributed by atoms with Crippen LogP contribution in [0.3, 0.4) is 0 Å². The highest BCUT2D eigenvalue weighted by molar-refractivity contribution is 7.89. The highest BCUT2D eigenvalue weighted by Crippen LogP contribution is 2.24. The van der Waals surface area contributed by atoms with Crippen LogP contribution < -0.4 is 10.5 Å². The lowest BCUT2D eigenvalue weighted by Gasteiger charge is -2.13. The van der Waals surface area contributed by atoms with Crippen molar-refractivity contribution in [3.8, 4) is 0 Å². The van der Waals surface area contributed by atoms with E-state index in [0.29, 0.717) is 23.2 Å². The molecule has 1 aromatic rings. The van der Waals surface area contributed by atoms with Crippen molar-refractivity contribution in [1.29, 1.82) is 0 Å². The van der Waals surface area contributed by atoms with E-state index in [2.05, 4.69) is 4.72 Å². The molecule has 0 aromatic heterocycles. The summed E-state index contributed by atoms with van der Waals surface area (Å²) < 4.78 is 26.5. The van der Waals surface area contributed by atoms with Gasteiger partial charge in [-0.25, -0.2) is 13.1 Å². The van der Waals surface area contributed by atoms with Gasteiger partial charge in [-0.15, -0.1) is 0 Å². The first-order valence-corrected chi connectivity index (χ1v) is 6.84. The lowest BCUT2D eigenvalue weighted by Crippen LogP contribution is -2.27. The van der Waals surface area contributed by atoms with E-state index in [1.807, 2.05) is 0 Å². The molecule has 0 spiro atoms. The van der Waals surface area contributed by atoms with Crippen molar-refractivity contribution in [2.75, 3.05) is 18.9 Å². The van der Waals surface area contributed by atoms with Gasteiger partial charge in [-0.05, 0) is 37.5 Å². The molecule has 0 aliphatic heterocycles. The number of rotatable bonds is 5. The molecule has 0 saturated carbocycles. The summed E-state index contributed by atoms with van der Waals surface area (Å²) in [6, 6.07) is 3.38. The monoisotopic (exact) mass is 258 g/mol. The minimum atomic E-state index is -3.56. The predicted octanol–water partition coefficient (Wildman–Crippen LogP) is 0.546. The minimum Gasteiger partial charge on any atom is -0.398 e. The third kappa shape index (κ3) is 3.18. The first kappa shape index (κ1) is 14.0. The quantitative estimate of drug-likeness (QED) is 0.531. The van der Waals surface area contributed by atoms with E-state index in [4.69, 9.17) is 10.8 Å². The van der Waals surface area contributed by atoms with Crippen molar-refractivity contribution >= 4 is 15.7 Å². The molecule has 0 aliphatic rings. The first-order chi connectivity index (χ1) is 7.90. The maximum atomic E-state index is 12.1. The Morgan fingerprint density at radius 1 is 1.35 bits per heavy atom. The molecule has 0 aliphatic carbocycles. The Morgan fingerprint density at radius 2 is 2.00 bits per heavy atom. The summed E-state index contributed by atoms with van der Waals surface area (Å²) in [6.07, 6.45) is 0.389. The zero-order chi connectivity index (χ0) is 13.1. The number of nitrogens with two attached hydrogens (primary N) is 1. The van der Waals surface area contributed by atoms with Crippen LogP contribution in [0.2, 0.25) is 0 Å². The van der Waals surface area contributed by atoms with Crippen LogP contribution in [0.4, 0.5) is 5.69 Å².